The Bertz CT molecular complexity index is 665. The first kappa shape index (κ1) is 14.6. The Hall–Kier alpha value is -1.77. The second-order valence-corrected chi connectivity index (χ2v) is 5.15. The van der Waals surface area contributed by atoms with Crippen LogP contribution in [-0.4, -0.2) is 5.78 Å². The summed E-state index contributed by atoms with van der Waals surface area (Å²) < 4.78 is 0. The number of carbonyl (C=O) groups is 1. The van der Waals surface area contributed by atoms with Crippen molar-refractivity contribution in [3.05, 3.63) is 75.9 Å². The molecule has 0 radical (unpaired) electrons. The van der Waals surface area contributed by atoms with Gasteiger partial charge >= 0.3 is 0 Å². The molecule has 0 saturated heterocycles. The van der Waals surface area contributed by atoms with Gasteiger partial charge in [-0.15, -0.1) is 0 Å². The third-order valence-corrected chi connectivity index (χ3v) is 3.45. The molecule has 0 saturated carbocycles. The van der Waals surface area contributed by atoms with Crippen LogP contribution in [-0.2, 0) is 0 Å². The van der Waals surface area contributed by atoms with Gasteiger partial charge in [0.2, 0.25) is 0 Å². The third kappa shape index (κ3) is 3.86. The van der Waals surface area contributed by atoms with E-state index in [0.29, 0.717) is 15.6 Å². The van der Waals surface area contributed by atoms with Crippen LogP contribution in [0.2, 0.25) is 10.0 Å². The van der Waals surface area contributed by atoms with E-state index in [1.807, 2.05) is 31.2 Å². The molecule has 0 amide bonds. The first-order chi connectivity index (χ1) is 9.56. The van der Waals surface area contributed by atoms with Crippen LogP contribution in [0.15, 0.2) is 54.7 Å². The highest BCUT2D eigenvalue weighted by molar-refractivity contribution is 6.42. The van der Waals surface area contributed by atoms with Crippen LogP contribution in [0.4, 0.5) is 5.69 Å². The molecular formula is C16H13Cl2NO. The van der Waals surface area contributed by atoms with Crippen molar-refractivity contribution in [2.24, 2.45) is 0 Å². The Morgan fingerprint density at radius 1 is 1.10 bits per heavy atom. The Balaban J connectivity index is 2.04. The summed E-state index contributed by atoms with van der Waals surface area (Å²) in [6.07, 6.45) is 3.07. The monoisotopic (exact) mass is 305 g/mol. The molecule has 0 aliphatic carbocycles. The number of benzene rings is 2. The van der Waals surface area contributed by atoms with Crippen LogP contribution in [0.3, 0.4) is 0 Å². The first-order valence-electron chi connectivity index (χ1n) is 6.05. The van der Waals surface area contributed by atoms with E-state index in [4.69, 9.17) is 23.2 Å². The molecule has 0 unspecified atom stereocenters. The lowest BCUT2D eigenvalue weighted by Crippen LogP contribution is -1.96. The molecule has 2 rings (SSSR count). The standard InChI is InChI=1S/C16H13Cl2NO/c1-11-3-2-4-13(9-11)19-8-7-16(20)12-5-6-14(17)15(18)10-12/h2-10,19H,1H3/b8-7-. The number of nitrogens with one attached hydrogen (secondary N) is 1. The van der Waals surface area contributed by atoms with E-state index in [1.54, 1.807) is 24.4 Å². The second-order valence-electron chi connectivity index (χ2n) is 4.34. The maximum atomic E-state index is 11.9. The highest BCUT2D eigenvalue weighted by Crippen LogP contribution is 2.22. The predicted octanol–water partition coefficient (Wildman–Crippen LogP) is 5.11. The van der Waals surface area contributed by atoms with Crippen molar-refractivity contribution in [1.82, 2.24) is 0 Å². The van der Waals surface area contributed by atoms with E-state index in [2.05, 4.69) is 5.32 Å². The summed E-state index contributed by atoms with van der Waals surface area (Å²) in [5.74, 6) is -0.135. The van der Waals surface area contributed by atoms with E-state index in [0.717, 1.165) is 11.3 Å². The van der Waals surface area contributed by atoms with Crippen molar-refractivity contribution in [1.29, 1.82) is 0 Å². The number of carbonyl (C=O) groups excluding carboxylic acids is 1. The van der Waals surface area contributed by atoms with Crippen LogP contribution < -0.4 is 5.32 Å². The average molecular weight is 306 g/mol. The topological polar surface area (TPSA) is 29.1 Å². The molecule has 4 heteroatoms. The maximum absolute atomic E-state index is 11.9. The van der Waals surface area contributed by atoms with Crippen LogP contribution in [0, 0.1) is 6.92 Å². The number of anilines is 1. The van der Waals surface area contributed by atoms with Crippen molar-refractivity contribution >= 4 is 34.7 Å². The number of hydrogen-bond acceptors (Lipinski definition) is 2. The molecule has 0 atom stereocenters. The van der Waals surface area contributed by atoms with Gasteiger partial charge in [0.15, 0.2) is 5.78 Å². The van der Waals surface area contributed by atoms with Crippen molar-refractivity contribution in [2.75, 3.05) is 5.32 Å². The lowest BCUT2D eigenvalue weighted by atomic mass is 10.1. The quantitative estimate of drug-likeness (QED) is 0.628. The van der Waals surface area contributed by atoms with Crippen LogP contribution in [0.1, 0.15) is 15.9 Å². The minimum Gasteiger partial charge on any atom is -0.362 e. The van der Waals surface area contributed by atoms with Crippen LogP contribution in [0.5, 0.6) is 0 Å². The van der Waals surface area contributed by atoms with Gasteiger partial charge in [0.05, 0.1) is 10.0 Å². The number of halogens is 2. The van der Waals surface area contributed by atoms with E-state index in [-0.39, 0.29) is 5.78 Å². The third-order valence-electron chi connectivity index (χ3n) is 2.71. The summed E-state index contributed by atoms with van der Waals surface area (Å²) in [5, 5.41) is 3.86. The molecule has 0 aliphatic rings. The van der Waals surface area contributed by atoms with E-state index < -0.39 is 0 Å². The van der Waals surface area contributed by atoms with Crippen molar-refractivity contribution in [3.8, 4) is 0 Å². The molecule has 0 heterocycles. The van der Waals surface area contributed by atoms with Gasteiger partial charge in [-0.1, -0.05) is 35.3 Å². The lowest BCUT2D eigenvalue weighted by Gasteiger charge is -2.02. The Morgan fingerprint density at radius 2 is 1.90 bits per heavy atom. The van der Waals surface area contributed by atoms with Crippen molar-refractivity contribution < 1.29 is 4.79 Å². The highest BCUT2D eigenvalue weighted by atomic mass is 35.5. The van der Waals surface area contributed by atoms with Gasteiger partial charge in [-0.2, -0.15) is 0 Å². The summed E-state index contributed by atoms with van der Waals surface area (Å²) in [6.45, 7) is 2.01. The second kappa shape index (κ2) is 6.60. The van der Waals surface area contributed by atoms with E-state index in [9.17, 15) is 4.79 Å². The van der Waals surface area contributed by atoms with E-state index in [1.165, 1.54) is 6.08 Å². The van der Waals surface area contributed by atoms with Gasteiger partial charge in [-0.3, -0.25) is 4.79 Å². The lowest BCUT2D eigenvalue weighted by molar-refractivity contribution is 0.104. The molecule has 2 aromatic carbocycles. The SMILES string of the molecule is Cc1cccc(N/C=C\C(=O)c2ccc(Cl)c(Cl)c2)c1. The highest BCUT2D eigenvalue weighted by Gasteiger charge is 2.04. The van der Waals surface area contributed by atoms with Gasteiger partial charge in [0.25, 0.3) is 0 Å². The molecule has 102 valence electrons. The van der Waals surface area contributed by atoms with E-state index >= 15 is 0 Å². The number of rotatable bonds is 4. The molecule has 0 aliphatic heterocycles. The Labute approximate surface area is 128 Å². The average Bonchev–Trinajstić information content (AvgIpc) is 2.42. The fourth-order valence-corrected chi connectivity index (χ4v) is 1.99. The van der Waals surface area contributed by atoms with Gasteiger partial charge in [-0.05, 0) is 42.8 Å². The molecule has 2 nitrogen and oxygen atoms in total. The van der Waals surface area contributed by atoms with Gasteiger partial charge in [0.1, 0.15) is 0 Å². The zero-order valence-corrected chi connectivity index (χ0v) is 12.4. The van der Waals surface area contributed by atoms with Crippen molar-refractivity contribution in [2.45, 2.75) is 6.92 Å². The Morgan fingerprint density at radius 3 is 2.60 bits per heavy atom. The minimum absolute atomic E-state index is 0.135. The molecule has 0 spiro atoms. The van der Waals surface area contributed by atoms with Gasteiger partial charge < -0.3 is 5.32 Å². The molecule has 2 aromatic rings. The fraction of sp³-hybridized carbons (Fsp3) is 0.0625. The summed E-state index contributed by atoms with van der Waals surface area (Å²) in [6, 6.07) is 12.7. The molecular weight excluding hydrogens is 293 g/mol. The number of allylic oxidation sites excluding steroid dienone is 1. The Kier molecular flexibility index (Phi) is 4.83. The molecule has 0 bridgehead atoms. The van der Waals surface area contributed by atoms with Crippen LogP contribution in [0.25, 0.3) is 0 Å². The van der Waals surface area contributed by atoms with Gasteiger partial charge in [-0.25, -0.2) is 0 Å². The summed E-state index contributed by atoms with van der Waals surface area (Å²) >= 11 is 11.7. The summed E-state index contributed by atoms with van der Waals surface area (Å²) in [5.41, 5.74) is 2.59. The van der Waals surface area contributed by atoms with Crippen molar-refractivity contribution in [3.63, 3.8) is 0 Å². The number of aryl methyl sites for hydroxylation is 1. The first-order valence-corrected chi connectivity index (χ1v) is 6.81. The summed E-state index contributed by atoms with van der Waals surface area (Å²) in [4.78, 5) is 11.9. The molecule has 0 aromatic heterocycles. The number of ketones is 1. The fourth-order valence-electron chi connectivity index (χ4n) is 1.69. The molecule has 20 heavy (non-hydrogen) atoms. The number of hydrogen-bond donors (Lipinski definition) is 1. The molecule has 1 N–H and O–H groups in total. The largest absolute Gasteiger partial charge is 0.362 e. The molecule has 0 fully saturated rings. The zero-order valence-electron chi connectivity index (χ0n) is 10.9. The zero-order chi connectivity index (χ0) is 14.5. The smallest absolute Gasteiger partial charge is 0.187 e. The van der Waals surface area contributed by atoms with Gasteiger partial charge in [0, 0.05) is 23.5 Å². The maximum Gasteiger partial charge on any atom is 0.187 e. The predicted molar refractivity (Wildman–Crippen MR) is 84.7 cm³/mol. The van der Waals surface area contributed by atoms with Crippen LogP contribution >= 0.6 is 23.2 Å². The minimum atomic E-state index is -0.135. The normalized spacial score (nSPS) is 10.8. The summed E-state index contributed by atoms with van der Waals surface area (Å²) in [7, 11) is 0.